The third-order valence-electron chi connectivity index (χ3n) is 2.80. The Morgan fingerprint density at radius 2 is 2.31 bits per heavy atom. The van der Waals surface area contributed by atoms with Crippen LogP contribution in [0.5, 0.6) is 0 Å². The van der Waals surface area contributed by atoms with E-state index in [1.807, 2.05) is 24.4 Å². The lowest BCUT2D eigenvalue weighted by Crippen LogP contribution is -2.15. The van der Waals surface area contributed by atoms with E-state index in [1.165, 1.54) is 18.4 Å². The number of hydrogen-bond acceptors (Lipinski definition) is 3. The van der Waals surface area contributed by atoms with Crippen molar-refractivity contribution in [3.63, 3.8) is 0 Å². The number of rotatable bonds is 4. The van der Waals surface area contributed by atoms with Crippen LogP contribution in [-0.4, -0.2) is 21.2 Å². The van der Waals surface area contributed by atoms with E-state index in [0.29, 0.717) is 6.04 Å². The van der Waals surface area contributed by atoms with Crippen molar-refractivity contribution in [2.75, 3.05) is 0 Å². The molecule has 1 saturated carbocycles. The lowest BCUT2D eigenvalue weighted by molar-refractivity contribution is 0.689. The van der Waals surface area contributed by atoms with Crippen LogP contribution in [0.25, 0.3) is 11.4 Å². The molecule has 16 heavy (non-hydrogen) atoms. The average Bonchev–Trinajstić information content (AvgIpc) is 3.05. The summed E-state index contributed by atoms with van der Waals surface area (Å²) in [7, 11) is 0. The van der Waals surface area contributed by atoms with Gasteiger partial charge in [-0.05, 0) is 25.0 Å². The van der Waals surface area contributed by atoms with Crippen LogP contribution >= 0.6 is 0 Å². The van der Waals surface area contributed by atoms with Crippen molar-refractivity contribution in [3.8, 4) is 11.4 Å². The minimum atomic E-state index is 0.714. The van der Waals surface area contributed by atoms with Gasteiger partial charge in [0, 0.05) is 24.3 Å². The number of H-pyrrole nitrogens is 1. The molecule has 3 rings (SSSR count). The molecule has 4 heteroatoms. The van der Waals surface area contributed by atoms with Gasteiger partial charge in [-0.2, -0.15) is 5.10 Å². The molecule has 0 aromatic carbocycles. The molecule has 0 amide bonds. The Kier molecular flexibility index (Phi) is 2.42. The Labute approximate surface area is 94.1 Å². The zero-order valence-electron chi connectivity index (χ0n) is 8.98. The van der Waals surface area contributed by atoms with Gasteiger partial charge in [0.2, 0.25) is 0 Å². The Bertz CT molecular complexity index is 459. The summed E-state index contributed by atoms with van der Waals surface area (Å²) in [6.07, 6.45) is 6.28. The highest BCUT2D eigenvalue weighted by atomic mass is 15.1. The van der Waals surface area contributed by atoms with E-state index in [-0.39, 0.29) is 0 Å². The monoisotopic (exact) mass is 214 g/mol. The molecule has 82 valence electrons. The van der Waals surface area contributed by atoms with Crippen molar-refractivity contribution in [1.29, 1.82) is 0 Å². The van der Waals surface area contributed by atoms with E-state index in [9.17, 15) is 0 Å². The molecule has 0 radical (unpaired) electrons. The number of nitrogens with one attached hydrogen (secondary N) is 2. The van der Waals surface area contributed by atoms with Gasteiger partial charge in [0.1, 0.15) is 0 Å². The maximum Gasteiger partial charge on any atom is 0.0883 e. The first-order valence-electron chi connectivity index (χ1n) is 5.60. The molecule has 0 saturated heterocycles. The van der Waals surface area contributed by atoms with E-state index >= 15 is 0 Å². The third-order valence-corrected chi connectivity index (χ3v) is 2.80. The van der Waals surface area contributed by atoms with Crippen molar-refractivity contribution in [1.82, 2.24) is 20.5 Å². The molecule has 2 aromatic heterocycles. The second kappa shape index (κ2) is 4.06. The normalized spacial score (nSPS) is 15.2. The minimum Gasteiger partial charge on any atom is -0.310 e. The lowest BCUT2D eigenvalue weighted by Gasteiger charge is -2.03. The summed E-state index contributed by atoms with van der Waals surface area (Å²) in [5.74, 6) is 0. The molecule has 2 heterocycles. The van der Waals surface area contributed by atoms with Gasteiger partial charge in [0.15, 0.2) is 0 Å². The van der Waals surface area contributed by atoms with Crippen LogP contribution in [0.1, 0.15) is 18.4 Å². The van der Waals surface area contributed by atoms with Crippen LogP contribution in [0.2, 0.25) is 0 Å². The Morgan fingerprint density at radius 3 is 3.06 bits per heavy atom. The van der Waals surface area contributed by atoms with Crippen molar-refractivity contribution in [2.24, 2.45) is 0 Å². The number of nitrogens with zero attached hydrogens (tertiary/aromatic N) is 2. The van der Waals surface area contributed by atoms with Crippen molar-refractivity contribution in [3.05, 3.63) is 36.2 Å². The SMILES string of the molecule is c1ccc(-c2[nH]ncc2CNC2CC2)nc1. The van der Waals surface area contributed by atoms with E-state index in [1.54, 1.807) is 6.20 Å². The predicted octanol–water partition coefficient (Wildman–Crippen LogP) is 1.72. The Balaban J connectivity index is 1.81. The zero-order valence-corrected chi connectivity index (χ0v) is 8.98. The molecule has 0 aliphatic heterocycles. The number of aromatic nitrogens is 3. The van der Waals surface area contributed by atoms with Crippen LogP contribution in [0.3, 0.4) is 0 Å². The van der Waals surface area contributed by atoms with E-state index in [2.05, 4.69) is 20.5 Å². The highest BCUT2D eigenvalue weighted by Crippen LogP contribution is 2.22. The molecular weight excluding hydrogens is 200 g/mol. The Morgan fingerprint density at radius 1 is 1.38 bits per heavy atom. The van der Waals surface area contributed by atoms with Crippen LogP contribution in [0.15, 0.2) is 30.6 Å². The first kappa shape index (κ1) is 9.54. The van der Waals surface area contributed by atoms with Crippen molar-refractivity contribution in [2.45, 2.75) is 25.4 Å². The summed E-state index contributed by atoms with van der Waals surface area (Å²) in [6, 6.07) is 6.61. The molecule has 1 aliphatic carbocycles. The first-order valence-corrected chi connectivity index (χ1v) is 5.60. The highest BCUT2D eigenvalue weighted by Gasteiger charge is 2.21. The summed E-state index contributed by atoms with van der Waals surface area (Å²) < 4.78 is 0. The average molecular weight is 214 g/mol. The van der Waals surface area contributed by atoms with Crippen LogP contribution in [-0.2, 0) is 6.54 Å². The molecule has 4 nitrogen and oxygen atoms in total. The fourth-order valence-electron chi connectivity index (χ4n) is 1.72. The summed E-state index contributed by atoms with van der Waals surface area (Å²) >= 11 is 0. The fraction of sp³-hybridized carbons (Fsp3) is 0.333. The maximum atomic E-state index is 4.33. The molecule has 1 aliphatic rings. The van der Waals surface area contributed by atoms with Crippen LogP contribution in [0, 0.1) is 0 Å². The molecule has 1 fully saturated rings. The van der Waals surface area contributed by atoms with E-state index in [4.69, 9.17) is 0 Å². The Hall–Kier alpha value is -1.68. The maximum absolute atomic E-state index is 4.33. The van der Waals surface area contributed by atoms with Gasteiger partial charge in [-0.25, -0.2) is 0 Å². The van der Waals surface area contributed by atoms with Gasteiger partial charge >= 0.3 is 0 Å². The predicted molar refractivity (Wildman–Crippen MR) is 61.7 cm³/mol. The smallest absolute Gasteiger partial charge is 0.0883 e. The van der Waals surface area contributed by atoms with Crippen molar-refractivity contribution >= 4 is 0 Å². The van der Waals surface area contributed by atoms with Gasteiger partial charge in [-0.15, -0.1) is 0 Å². The molecule has 0 bridgehead atoms. The largest absolute Gasteiger partial charge is 0.310 e. The molecule has 0 unspecified atom stereocenters. The summed E-state index contributed by atoms with van der Waals surface area (Å²) in [4.78, 5) is 4.33. The van der Waals surface area contributed by atoms with Gasteiger partial charge < -0.3 is 5.32 Å². The molecule has 2 aromatic rings. The molecular formula is C12H14N4. The van der Waals surface area contributed by atoms with Gasteiger partial charge in [0.05, 0.1) is 17.6 Å². The highest BCUT2D eigenvalue weighted by molar-refractivity contribution is 5.57. The molecule has 0 atom stereocenters. The molecule has 0 spiro atoms. The van der Waals surface area contributed by atoms with Gasteiger partial charge in [0.25, 0.3) is 0 Å². The topological polar surface area (TPSA) is 53.6 Å². The zero-order chi connectivity index (χ0) is 10.8. The standard InChI is InChI=1S/C12H14N4/c1-2-6-13-11(3-1)12-9(8-15-16-12)7-14-10-4-5-10/h1-3,6,8,10,14H,4-5,7H2,(H,15,16). The quantitative estimate of drug-likeness (QED) is 0.814. The second-order valence-corrected chi connectivity index (χ2v) is 4.14. The summed E-state index contributed by atoms with van der Waals surface area (Å²) in [6.45, 7) is 0.868. The van der Waals surface area contributed by atoms with Gasteiger partial charge in [-0.3, -0.25) is 10.1 Å². The van der Waals surface area contributed by atoms with Crippen LogP contribution < -0.4 is 5.32 Å². The fourth-order valence-corrected chi connectivity index (χ4v) is 1.72. The van der Waals surface area contributed by atoms with E-state index in [0.717, 1.165) is 17.9 Å². The first-order chi connectivity index (χ1) is 7.93. The van der Waals surface area contributed by atoms with Gasteiger partial charge in [-0.1, -0.05) is 6.07 Å². The lowest BCUT2D eigenvalue weighted by atomic mass is 10.2. The van der Waals surface area contributed by atoms with Crippen LogP contribution in [0.4, 0.5) is 0 Å². The number of pyridine rings is 1. The number of hydrogen-bond donors (Lipinski definition) is 2. The summed E-state index contributed by atoms with van der Waals surface area (Å²) in [5.41, 5.74) is 3.16. The molecule has 2 N–H and O–H groups in total. The summed E-state index contributed by atoms with van der Waals surface area (Å²) in [5, 5.41) is 10.6. The number of aromatic amines is 1. The van der Waals surface area contributed by atoms with E-state index < -0.39 is 0 Å². The van der Waals surface area contributed by atoms with Crippen molar-refractivity contribution < 1.29 is 0 Å². The third kappa shape index (κ3) is 1.97. The second-order valence-electron chi connectivity index (χ2n) is 4.14. The minimum absolute atomic E-state index is 0.714.